The van der Waals surface area contributed by atoms with Crippen LogP contribution < -0.4 is 5.32 Å². The number of carboxylic acid groups (broad SMARTS) is 1. The van der Waals surface area contributed by atoms with Crippen LogP contribution in [0.1, 0.15) is 13.8 Å². The third-order valence-corrected chi connectivity index (χ3v) is 4.42. The summed E-state index contributed by atoms with van der Waals surface area (Å²) in [5, 5.41) is 11.0. The van der Waals surface area contributed by atoms with E-state index in [0.717, 1.165) is 11.8 Å². The van der Waals surface area contributed by atoms with E-state index in [2.05, 4.69) is 5.32 Å². The molecule has 0 saturated carbocycles. The van der Waals surface area contributed by atoms with Crippen molar-refractivity contribution in [3.63, 3.8) is 0 Å². The predicted octanol–water partition coefficient (Wildman–Crippen LogP) is 2.06. The number of carbonyl (C=O) groups excluding carboxylic acids is 2. The largest absolute Gasteiger partial charge is 0.481 e. The monoisotopic (exact) mass is 356 g/mol. The zero-order chi connectivity index (χ0) is 18.3. The van der Waals surface area contributed by atoms with E-state index in [9.17, 15) is 18.8 Å². The Labute approximate surface area is 144 Å². The first-order valence-corrected chi connectivity index (χ1v) is 8.40. The average Bonchev–Trinajstić information content (AvgIpc) is 2.53. The topological polar surface area (TPSA) is 86.7 Å². The lowest BCUT2D eigenvalue weighted by molar-refractivity contribution is -0.142. The molecular formula is C16H21FN2O4S. The van der Waals surface area contributed by atoms with Crippen LogP contribution in [0.2, 0.25) is 0 Å². The Morgan fingerprint density at radius 3 is 2.38 bits per heavy atom. The number of nitrogens with zero attached hydrogens (tertiary/aromatic N) is 1. The molecule has 6 nitrogen and oxygen atoms in total. The van der Waals surface area contributed by atoms with Gasteiger partial charge >= 0.3 is 5.97 Å². The van der Waals surface area contributed by atoms with Crippen LogP contribution in [-0.4, -0.2) is 52.4 Å². The maximum atomic E-state index is 12.8. The highest BCUT2D eigenvalue weighted by molar-refractivity contribution is 8.01. The van der Waals surface area contributed by atoms with Crippen molar-refractivity contribution in [3.05, 3.63) is 30.1 Å². The number of carbonyl (C=O) groups is 3. The fourth-order valence-electron chi connectivity index (χ4n) is 1.89. The molecule has 2 unspecified atom stereocenters. The van der Waals surface area contributed by atoms with Crippen LogP contribution in [0.15, 0.2) is 24.3 Å². The molecule has 0 heterocycles. The van der Waals surface area contributed by atoms with Gasteiger partial charge in [-0.25, -0.2) is 4.39 Å². The number of halogens is 1. The Morgan fingerprint density at radius 2 is 1.83 bits per heavy atom. The number of aliphatic carboxylic acids is 1. The maximum absolute atomic E-state index is 12.8. The Hall–Kier alpha value is -2.09. The first-order chi connectivity index (χ1) is 11.2. The van der Waals surface area contributed by atoms with Crippen molar-refractivity contribution < 1.29 is 23.9 Å². The second-order valence-corrected chi connectivity index (χ2v) is 6.80. The molecular weight excluding hydrogens is 335 g/mol. The van der Waals surface area contributed by atoms with Gasteiger partial charge in [0.25, 0.3) is 0 Å². The van der Waals surface area contributed by atoms with Gasteiger partial charge in [-0.1, -0.05) is 6.92 Å². The SMILES string of the molecule is CC(CN(C)C(=O)C(C)SCC(=O)Nc1ccc(F)cc1)C(=O)O. The summed E-state index contributed by atoms with van der Waals surface area (Å²) in [5.74, 6) is -2.48. The molecule has 0 aliphatic carbocycles. The molecule has 2 N–H and O–H groups in total. The highest BCUT2D eigenvalue weighted by Gasteiger charge is 2.22. The predicted molar refractivity (Wildman–Crippen MR) is 91.4 cm³/mol. The summed E-state index contributed by atoms with van der Waals surface area (Å²) in [6.07, 6.45) is 0. The van der Waals surface area contributed by atoms with Crippen LogP contribution in [0.3, 0.4) is 0 Å². The number of amides is 2. The van der Waals surface area contributed by atoms with Gasteiger partial charge in [0, 0.05) is 19.3 Å². The lowest BCUT2D eigenvalue weighted by atomic mass is 10.2. The summed E-state index contributed by atoms with van der Waals surface area (Å²) < 4.78 is 12.8. The molecule has 1 rings (SSSR count). The van der Waals surface area contributed by atoms with Gasteiger partial charge in [0.15, 0.2) is 0 Å². The number of hydrogen-bond donors (Lipinski definition) is 2. The summed E-state index contributed by atoms with van der Waals surface area (Å²) in [7, 11) is 1.54. The Kier molecular flexibility index (Phi) is 7.70. The number of hydrogen-bond acceptors (Lipinski definition) is 4. The van der Waals surface area contributed by atoms with Crippen LogP contribution in [-0.2, 0) is 14.4 Å². The lowest BCUT2D eigenvalue weighted by Gasteiger charge is -2.22. The molecule has 24 heavy (non-hydrogen) atoms. The molecule has 0 spiro atoms. The van der Waals surface area contributed by atoms with Gasteiger partial charge in [0.05, 0.1) is 16.9 Å². The smallest absolute Gasteiger partial charge is 0.308 e. The Morgan fingerprint density at radius 1 is 1.25 bits per heavy atom. The summed E-state index contributed by atoms with van der Waals surface area (Å²) in [5.41, 5.74) is 0.480. The molecule has 2 atom stereocenters. The number of anilines is 1. The number of thioether (sulfide) groups is 1. The molecule has 0 aliphatic heterocycles. The minimum atomic E-state index is -0.964. The van der Waals surface area contributed by atoms with Crippen molar-refractivity contribution in [2.24, 2.45) is 5.92 Å². The van der Waals surface area contributed by atoms with Crippen LogP contribution >= 0.6 is 11.8 Å². The van der Waals surface area contributed by atoms with E-state index in [1.807, 2.05) is 0 Å². The van der Waals surface area contributed by atoms with Crippen LogP contribution in [0, 0.1) is 11.7 Å². The minimum absolute atomic E-state index is 0.0621. The van der Waals surface area contributed by atoms with Crippen molar-refractivity contribution in [2.75, 3.05) is 24.7 Å². The highest BCUT2D eigenvalue weighted by atomic mass is 32.2. The number of benzene rings is 1. The third kappa shape index (κ3) is 6.57. The van der Waals surface area contributed by atoms with Crippen LogP contribution in [0.5, 0.6) is 0 Å². The summed E-state index contributed by atoms with van der Waals surface area (Å²) in [6, 6.07) is 5.39. The van der Waals surface area contributed by atoms with Crippen molar-refractivity contribution in [3.8, 4) is 0 Å². The molecule has 2 amide bonds. The molecule has 0 fully saturated rings. The van der Waals surface area contributed by atoms with Gasteiger partial charge in [0.1, 0.15) is 5.82 Å². The van der Waals surface area contributed by atoms with Gasteiger partial charge < -0.3 is 15.3 Å². The van der Waals surface area contributed by atoms with Gasteiger partial charge in [-0.05, 0) is 31.2 Å². The zero-order valence-corrected chi connectivity index (χ0v) is 14.6. The molecule has 0 aromatic heterocycles. The van der Waals surface area contributed by atoms with Crippen molar-refractivity contribution in [2.45, 2.75) is 19.1 Å². The molecule has 0 aliphatic rings. The average molecular weight is 356 g/mol. The third-order valence-electron chi connectivity index (χ3n) is 3.29. The number of rotatable bonds is 8. The minimum Gasteiger partial charge on any atom is -0.481 e. The van der Waals surface area contributed by atoms with Crippen LogP contribution in [0.25, 0.3) is 0 Å². The summed E-state index contributed by atoms with van der Waals surface area (Å²) in [6.45, 7) is 3.31. The molecule has 0 saturated heterocycles. The van der Waals surface area contributed by atoms with E-state index < -0.39 is 17.1 Å². The fraction of sp³-hybridized carbons (Fsp3) is 0.438. The molecule has 0 radical (unpaired) electrons. The molecule has 1 aromatic rings. The molecule has 0 bridgehead atoms. The van der Waals surface area contributed by atoms with Crippen molar-refractivity contribution in [1.29, 1.82) is 0 Å². The zero-order valence-electron chi connectivity index (χ0n) is 13.8. The van der Waals surface area contributed by atoms with E-state index in [1.165, 1.54) is 43.1 Å². The first kappa shape index (κ1) is 20.0. The molecule has 8 heteroatoms. The molecule has 132 valence electrons. The van der Waals surface area contributed by atoms with Gasteiger partial charge in [0.2, 0.25) is 11.8 Å². The van der Waals surface area contributed by atoms with E-state index in [1.54, 1.807) is 6.92 Å². The Balaban J connectivity index is 2.42. The maximum Gasteiger partial charge on any atom is 0.308 e. The van der Waals surface area contributed by atoms with Gasteiger partial charge in [-0.15, -0.1) is 11.8 Å². The van der Waals surface area contributed by atoms with Crippen LogP contribution in [0.4, 0.5) is 10.1 Å². The highest BCUT2D eigenvalue weighted by Crippen LogP contribution is 2.15. The van der Waals surface area contributed by atoms with Gasteiger partial charge in [-0.2, -0.15) is 0 Å². The molecule has 1 aromatic carbocycles. The second kappa shape index (κ2) is 9.27. The van der Waals surface area contributed by atoms with E-state index in [4.69, 9.17) is 5.11 Å². The summed E-state index contributed by atoms with van der Waals surface area (Å²) in [4.78, 5) is 36.2. The fourth-order valence-corrected chi connectivity index (χ4v) is 2.69. The normalized spacial score (nSPS) is 13.0. The van der Waals surface area contributed by atoms with E-state index in [-0.39, 0.29) is 29.9 Å². The second-order valence-electron chi connectivity index (χ2n) is 5.47. The summed E-state index contributed by atoms with van der Waals surface area (Å²) >= 11 is 1.15. The lowest BCUT2D eigenvalue weighted by Crippen LogP contribution is -2.38. The van der Waals surface area contributed by atoms with Crippen molar-refractivity contribution in [1.82, 2.24) is 4.90 Å². The van der Waals surface area contributed by atoms with Gasteiger partial charge in [-0.3, -0.25) is 14.4 Å². The van der Waals surface area contributed by atoms with Crippen molar-refractivity contribution >= 4 is 35.2 Å². The number of carboxylic acids is 1. The first-order valence-electron chi connectivity index (χ1n) is 7.35. The quantitative estimate of drug-likeness (QED) is 0.745. The van der Waals surface area contributed by atoms with E-state index >= 15 is 0 Å². The standard InChI is InChI=1S/C16H21FN2O4S/c1-10(16(22)23)8-19(3)15(21)11(2)24-9-14(20)18-13-6-4-12(17)5-7-13/h4-7,10-11H,8-9H2,1-3H3,(H,18,20)(H,22,23). The number of nitrogens with one attached hydrogen (secondary N) is 1. The Bertz CT molecular complexity index is 594. The van der Waals surface area contributed by atoms with E-state index in [0.29, 0.717) is 5.69 Å².